The lowest BCUT2D eigenvalue weighted by Crippen LogP contribution is -2.29. The predicted molar refractivity (Wildman–Crippen MR) is 90.1 cm³/mol. The van der Waals surface area contributed by atoms with E-state index >= 15 is 0 Å². The van der Waals surface area contributed by atoms with Crippen molar-refractivity contribution < 1.29 is 9.90 Å². The van der Waals surface area contributed by atoms with E-state index in [0.29, 0.717) is 21.8 Å². The van der Waals surface area contributed by atoms with Crippen LogP contribution in [0, 0.1) is 0 Å². The molecule has 0 aliphatic carbocycles. The van der Waals surface area contributed by atoms with Gasteiger partial charge in [0.1, 0.15) is 0 Å². The summed E-state index contributed by atoms with van der Waals surface area (Å²) in [5, 5.41) is 21.1. The molecule has 3 rings (SSSR count). The Hall–Kier alpha value is -2.70. The first-order chi connectivity index (χ1) is 11.7. The maximum Gasteiger partial charge on any atom is 0.253 e. The van der Waals surface area contributed by atoms with Gasteiger partial charge in [0.15, 0.2) is 0 Å². The lowest BCUT2D eigenvalue weighted by Gasteiger charge is -2.14. The van der Waals surface area contributed by atoms with E-state index in [0.717, 1.165) is 0 Å². The molecule has 1 aromatic heterocycles. The fraction of sp³-hybridized carbons (Fsp3) is 0.118. The second kappa shape index (κ2) is 7.25. The van der Waals surface area contributed by atoms with Crippen LogP contribution in [-0.4, -0.2) is 32.6 Å². The lowest BCUT2D eigenvalue weighted by atomic mass is 10.1. The molecule has 0 unspecified atom stereocenters. The number of para-hydroxylation sites is 1. The number of aliphatic hydroxyl groups excluding tert-OH is 1. The maximum atomic E-state index is 12.5. The molecule has 1 heterocycles. The molecule has 7 heteroatoms. The summed E-state index contributed by atoms with van der Waals surface area (Å²) in [7, 11) is 0. The van der Waals surface area contributed by atoms with Gasteiger partial charge in [-0.2, -0.15) is 0 Å². The molecule has 6 nitrogen and oxygen atoms in total. The summed E-state index contributed by atoms with van der Waals surface area (Å²) in [6.45, 7) is 0.0499. The molecule has 1 atom stereocenters. The number of carbonyl (C=O) groups is 1. The van der Waals surface area contributed by atoms with Crippen molar-refractivity contribution in [3.8, 4) is 5.69 Å². The number of nitrogens with zero attached hydrogens (tertiary/aromatic N) is 3. The van der Waals surface area contributed by atoms with Gasteiger partial charge in [0.05, 0.1) is 29.7 Å². The first kappa shape index (κ1) is 16.2. The Balaban J connectivity index is 1.74. The van der Waals surface area contributed by atoms with Crippen molar-refractivity contribution in [3.63, 3.8) is 0 Å². The van der Waals surface area contributed by atoms with E-state index in [4.69, 9.17) is 11.6 Å². The highest BCUT2D eigenvalue weighted by atomic mass is 35.5. The van der Waals surface area contributed by atoms with Gasteiger partial charge in [-0.1, -0.05) is 47.1 Å². The number of rotatable bonds is 5. The minimum absolute atomic E-state index is 0.0499. The number of aromatic nitrogens is 3. The van der Waals surface area contributed by atoms with E-state index in [2.05, 4.69) is 15.6 Å². The van der Waals surface area contributed by atoms with Crippen molar-refractivity contribution in [1.82, 2.24) is 20.3 Å². The molecular formula is C17H15ClN4O2. The van der Waals surface area contributed by atoms with Crippen molar-refractivity contribution in [3.05, 3.63) is 77.1 Å². The number of halogens is 1. The van der Waals surface area contributed by atoms with Gasteiger partial charge in [-0.15, -0.1) is 5.10 Å². The molecule has 122 valence electrons. The molecule has 3 aromatic rings. The number of benzene rings is 2. The van der Waals surface area contributed by atoms with Crippen LogP contribution in [0.4, 0.5) is 0 Å². The van der Waals surface area contributed by atoms with Crippen molar-refractivity contribution in [1.29, 1.82) is 0 Å². The summed E-state index contributed by atoms with van der Waals surface area (Å²) in [5.74, 6) is -0.313. The topological polar surface area (TPSA) is 80.0 Å². The molecule has 0 radical (unpaired) electrons. The zero-order valence-electron chi connectivity index (χ0n) is 12.6. The van der Waals surface area contributed by atoms with Gasteiger partial charge in [0, 0.05) is 17.1 Å². The van der Waals surface area contributed by atoms with Crippen LogP contribution in [0.3, 0.4) is 0 Å². The molecule has 0 fully saturated rings. The average molecular weight is 343 g/mol. The average Bonchev–Trinajstić information content (AvgIpc) is 3.14. The van der Waals surface area contributed by atoms with Gasteiger partial charge in [0.25, 0.3) is 5.91 Å². The van der Waals surface area contributed by atoms with Crippen molar-refractivity contribution in [2.75, 3.05) is 6.54 Å². The Morgan fingerprint density at radius 2 is 1.96 bits per heavy atom. The van der Waals surface area contributed by atoms with E-state index in [-0.39, 0.29) is 12.5 Å². The van der Waals surface area contributed by atoms with E-state index < -0.39 is 6.10 Å². The Bertz CT molecular complexity index is 836. The quantitative estimate of drug-likeness (QED) is 0.746. The van der Waals surface area contributed by atoms with Crippen molar-refractivity contribution >= 4 is 17.5 Å². The number of carbonyl (C=O) groups excluding carboxylic acids is 1. The zero-order valence-corrected chi connectivity index (χ0v) is 13.4. The first-order valence-electron chi connectivity index (χ1n) is 7.33. The smallest absolute Gasteiger partial charge is 0.253 e. The molecule has 1 amide bonds. The van der Waals surface area contributed by atoms with Gasteiger partial charge >= 0.3 is 0 Å². The highest BCUT2D eigenvalue weighted by Gasteiger charge is 2.16. The van der Waals surface area contributed by atoms with Crippen LogP contribution < -0.4 is 5.32 Å². The van der Waals surface area contributed by atoms with Crippen molar-refractivity contribution in [2.45, 2.75) is 6.10 Å². The van der Waals surface area contributed by atoms with Crippen LogP contribution in [0.1, 0.15) is 22.0 Å². The number of hydrogen-bond acceptors (Lipinski definition) is 4. The first-order valence-corrected chi connectivity index (χ1v) is 7.71. The third-order valence-corrected chi connectivity index (χ3v) is 3.88. The zero-order chi connectivity index (χ0) is 16.9. The Morgan fingerprint density at radius 1 is 1.21 bits per heavy atom. The second-order valence-electron chi connectivity index (χ2n) is 5.11. The van der Waals surface area contributed by atoms with Crippen LogP contribution in [-0.2, 0) is 0 Å². The Labute approximate surface area is 143 Å². The molecule has 0 saturated heterocycles. The molecule has 0 bridgehead atoms. The van der Waals surface area contributed by atoms with Crippen LogP contribution in [0.15, 0.2) is 60.9 Å². The minimum Gasteiger partial charge on any atom is -0.387 e. The summed E-state index contributed by atoms with van der Waals surface area (Å²) in [6, 6.07) is 14.0. The number of nitrogens with one attached hydrogen (secondary N) is 1. The Morgan fingerprint density at radius 3 is 2.71 bits per heavy atom. The van der Waals surface area contributed by atoms with Crippen molar-refractivity contribution in [2.24, 2.45) is 0 Å². The fourth-order valence-electron chi connectivity index (χ4n) is 2.34. The molecular weight excluding hydrogens is 328 g/mol. The highest BCUT2D eigenvalue weighted by molar-refractivity contribution is 6.31. The summed E-state index contributed by atoms with van der Waals surface area (Å²) in [4.78, 5) is 12.5. The number of amides is 1. The lowest BCUT2D eigenvalue weighted by molar-refractivity contribution is 0.0916. The maximum absolute atomic E-state index is 12.5. The highest BCUT2D eigenvalue weighted by Crippen LogP contribution is 2.22. The fourth-order valence-corrected chi connectivity index (χ4v) is 2.60. The second-order valence-corrected chi connectivity index (χ2v) is 5.52. The summed E-state index contributed by atoms with van der Waals surface area (Å²) >= 11 is 6.05. The molecule has 2 aromatic carbocycles. The van der Waals surface area contributed by atoms with Gasteiger partial charge in [-0.3, -0.25) is 4.79 Å². The third-order valence-electron chi connectivity index (χ3n) is 3.54. The molecule has 0 aliphatic heterocycles. The number of aliphatic hydroxyl groups is 1. The number of hydrogen-bond donors (Lipinski definition) is 2. The predicted octanol–water partition coefficient (Wildman–Crippen LogP) is 2.38. The van der Waals surface area contributed by atoms with Gasteiger partial charge < -0.3 is 10.4 Å². The molecule has 0 aliphatic rings. The minimum atomic E-state index is -0.888. The SMILES string of the molecule is O=C(NC[C@H](O)c1ccccc1Cl)c1ccccc1-n1ccnn1. The summed E-state index contributed by atoms with van der Waals surface area (Å²) in [5.41, 5.74) is 1.62. The molecule has 2 N–H and O–H groups in total. The molecule has 0 saturated carbocycles. The normalized spacial score (nSPS) is 11.9. The standard InChI is InChI=1S/C17H15ClN4O2/c18-14-7-3-1-5-12(14)16(23)11-19-17(24)13-6-2-4-8-15(13)22-10-9-20-21-22/h1-10,16,23H,11H2,(H,19,24)/t16-/m0/s1. The summed E-state index contributed by atoms with van der Waals surface area (Å²) in [6.07, 6.45) is 2.31. The van der Waals surface area contributed by atoms with Crippen LogP contribution in [0.5, 0.6) is 0 Å². The van der Waals surface area contributed by atoms with E-state index in [1.165, 1.54) is 10.9 Å². The largest absolute Gasteiger partial charge is 0.387 e. The Kier molecular flexibility index (Phi) is 4.88. The van der Waals surface area contributed by atoms with E-state index in [1.807, 2.05) is 6.07 Å². The van der Waals surface area contributed by atoms with Gasteiger partial charge in [-0.05, 0) is 18.2 Å². The van der Waals surface area contributed by atoms with Crippen LogP contribution in [0.25, 0.3) is 5.69 Å². The summed E-state index contributed by atoms with van der Waals surface area (Å²) < 4.78 is 1.51. The van der Waals surface area contributed by atoms with Gasteiger partial charge in [-0.25, -0.2) is 4.68 Å². The van der Waals surface area contributed by atoms with Crippen LogP contribution in [0.2, 0.25) is 5.02 Å². The molecule has 24 heavy (non-hydrogen) atoms. The third kappa shape index (κ3) is 3.45. The molecule has 0 spiro atoms. The van der Waals surface area contributed by atoms with E-state index in [9.17, 15) is 9.90 Å². The monoisotopic (exact) mass is 342 g/mol. The van der Waals surface area contributed by atoms with Crippen LogP contribution >= 0.6 is 11.6 Å². The van der Waals surface area contributed by atoms with E-state index in [1.54, 1.807) is 48.7 Å². The van der Waals surface area contributed by atoms with Gasteiger partial charge in [0.2, 0.25) is 0 Å².